The minimum Gasteiger partial charge on any atom is -0.376 e. The zero-order valence-electron chi connectivity index (χ0n) is 5.19. The molecular weight excluding hydrogens is 134 g/mol. The van der Waals surface area contributed by atoms with Crippen LogP contribution in [0.15, 0.2) is 12.4 Å². The molecule has 0 unspecified atom stereocenters. The standard InChI is InChI=1S/C5H7N3O2/c6-4(10)5-7-1-2-8(5)3-9/h1-2,9H,3H2,(H2,6,10). The summed E-state index contributed by atoms with van der Waals surface area (Å²) in [5.41, 5.74) is 4.90. The predicted octanol–water partition coefficient (Wildman–Crippen LogP) is -1.07. The summed E-state index contributed by atoms with van der Waals surface area (Å²) in [5, 5.41) is 8.57. The van der Waals surface area contributed by atoms with Gasteiger partial charge < -0.3 is 15.4 Å². The third kappa shape index (κ3) is 0.985. The van der Waals surface area contributed by atoms with E-state index in [1.54, 1.807) is 0 Å². The average Bonchev–Trinajstić information content (AvgIpc) is 2.33. The van der Waals surface area contributed by atoms with E-state index in [0.29, 0.717) is 0 Å². The van der Waals surface area contributed by atoms with Crippen molar-refractivity contribution in [3.05, 3.63) is 18.2 Å². The second-order valence-corrected chi connectivity index (χ2v) is 1.73. The zero-order valence-corrected chi connectivity index (χ0v) is 5.19. The van der Waals surface area contributed by atoms with Crippen molar-refractivity contribution < 1.29 is 9.90 Å². The molecule has 0 aliphatic rings. The van der Waals surface area contributed by atoms with Crippen LogP contribution in [0.1, 0.15) is 10.6 Å². The number of carbonyl (C=O) groups excluding carboxylic acids is 1. The molecule has 0 fully saturated rings. The topological polar surface area (TPSA) is 81.1 Å². The summed E-state index contributed by atoms with van der Waals surface area (Å²) in [4.78, 5) is 14.1. The van der Waals surface area contributed by atoms with Gasteiger partial charge in [0.2, 0.25) is 5.82 Å². The number of rotatable bonds is 2. The number of aliphatic hydroxyl groups is 1. The van der Waals surface area contributed by atoms with Crippen molar-refractivity contribution in [3.63, 3.8) is 0 Å². The second kappa shape index (κ2) is 2.49. The van der Waals surface area contributed by atoms with E-state index in [1.165, 1.54) is 17.0 Å². The van der Waals surface area contributed by atoms with E-state index >= 15 is 0 Å². The maximum Gasteiger partial charge on any atom is 0.284 e. The van der Waals surface area contributed by atoms with Crippen molar-refractivity contribution in [2.75, 3.05) is 0 Å². The van der Waals surface area contributed by atoms with Gasteiger partial charge in [-0.15, -0.1) is 0 Å². The number of amides is 1. The molecule has 5 nitrogen and oxygen atoms in total. The highest BCUT2D eigenvalue weighted by atomic mass is 16.3. The number of primary amides is 1. The largest absolute Gasteiger partial charge is 0.376 e. The minimum atomic E-state index is -0.640. The summed E-state index contributed by atoms with van der Waals surface area (Å²) in [7, 11) is 0. The molecule has 0 bridgehead atoms. The van der Waals surface area contributed by atoms with E-state index in [0.717, 1.165) is 0 Å². The third-order valence-electron chi connectivity index (χ3n) is 1.09. The highest BCUT2D eigenvalue weighted by molar-refractivity contribution is 5.89. The zero-order chi connectivity index (χ0) is 7.56. The summed E-state index contributed by atoms with van der Waals surface area (Å²) in [6.45, 7) is -0.279. The van der Waals surface area contributed by atoms with Gasteiger partial charge in [-0.3, -0.25) is 4.79 Å². The number of aliphatic hydroxyl groups excluding tert-OH is 1. The van der Waals surface area contributed by atoms with Crippen molar-refractivity contribution >= 4 is 5.91 Å². The molecule has 0 radical (unpaired) electrons. The van der Waals surface area contributed by atoms with Crippen molar-refractivity contribution in [2.24, 2.45) is 5.73 Å². The Kier molecular flexibility index (Phi) is 1.68. The molecule has 0 atom stereocenters. The van der Waals surface area contributed by atoms with Crippen molar-refractivity contribution in [1.82, 2.24) is 9.55 Å². The Morgan fingerprint density at radius 3 is 3.00 bits per heavy atom. The van der Waals surface area contributed by atoms with E-state index in [1.807, 2.05) is 0 Å². The van der Waals surface area contributed by atoms with Gasteiger partial charge in [-0.05, 0) is 0 Å². The van der Waals surface area contributed by atoms with E-state index in [9.17, 15) is 4.79 Å². The number of hydrogen-bond acceptors (Lipinski definition) is 3. The van der Waals surface area contributed by atoms with Crippen LogP contribution in [-0.2, 0) is 6.73 Å². The number of hydrogen-bond donors (Lipinski definition) is 2. The summed E-state index contributed by atoms with van der Waals surface area (Å²) < 4.78 is 1.25. The molecule has 5 heteroatoms. The van der Waals surface area contributed by atoms with Crippen molar-refractivity contribution in [1.29, 1.82) is 0 Å². The molecule has 3 N–H and O–H groups in total. The van der Waals surface area contributed by atoms with E-state index in [4.69, 9.17) is 10.8 Å². The smallest absolute Gasteiger partial charge is 0.284 e. The van der Waals surface area contributed by atoms with Crippen LogP contribution in [0.3, 0.4) is 0 Å². The third-order valence-corrected chi connectivity index (χ3v) is 1.09. The first kappa shape index (κ1) is 6.76. The Morgan fingerprint density at radius 2 is 2.60 bits per heavy atom. The first-order chi connectivity index (χ1) is 4.75. The quantitative estimate of drug-likeness (QED) is 0.550. The molecule has 10 heavy (non-hydrogen) atoms. The van der Waals surface area contributed by atoms with Crippen molar-refractivity contribution in [3.8, 4) is 0 Å². The molecule has 1 aromatic rings. The number of imidazole rings is 1. The lowest BCUT2D eigenvalue weighted by Crippen LogP contribution is -2.17. The molecule has 0 spiro atoms. The molecule has 54 valence electrons. The molecule has 0 aliphatic carbocycles. The fourth-order valence-corrected chi connectivity index (χ4v) is 0.648. The first-order valence-electron chi connectivity index (χ1n) is 2.67. The Bertz CT molecular complexity index is 243. The van der Waals surface area contributed by atoms with Gasteiger partial charge in [-0.25, -0.2) is 4.98 Å². The molecular formula is C5H7N3O2. The van der Waals surface area contributed by atoms with Crippen LogP contribution in [0.2, 0.25) is 0 Å². The minimum absolute atomic E-state index is 0.0718. The van der Waals surface area contributed by atoms with Crippen molar-refractivity contribution in [2.45, 2.75) is 6.73 Å². The SMILES string of the molecule is NC(=O)c1nccn1CO. The van der Waals surface area contributed by atoms with Gasteiger partial charge in [0.05, 0.1) is 0 Å². The molecule has 1 heterocycles. The maximum atomic E-state index is 10.5. The van der Waals surface area contributed by atoms with E-state index < -0.39 is 5.91 Å². The summed E-state index contributed by atoms with van der Waals surface area (Å²) in [6.07, 6.45) is 2.87. The Morgan fingerprint density at radius 1 is 1.90 bits per heavy atom. The van der Waals surface area contributed by atoms with E-state index in [2.05, 4.69) is 4.98 Å². The van der Waals surface area contributed by atoms with Crippen LogP contribution in [0, 0.1) is 0 Å². The first-order valence-corrected chi connectivity index (χ1v) is 2.67. The van der Waals surface area contributed by atoms with Crippen LogP contribution >= 0.6 is 0 Å². The van der Waals surface area contributed by atoms with Gasteiger partial charge in [0.1, 0.15) is 6.73 Å². The number of nitrogens with zero attached hydrogens (tertiary/aromatic N) is 2. The normalized spacial score (nSPS) is 9.70. The fourth-order valence-electron chi connectivity index (χ4n) is 0.648. The van der Waals surface area contributed by atoms with Crippen LogP contribution in [0.4, 0.5) is 0 Å². The van der Waals surface area contributed by atoms with Gasteiger partial charge in [0.15, 0.2) is 0 Å². The molecule has 0 saturated heterocycles. The van der Waals surface area contributed by atoms with Gasteiger partial charge in [-0.1, -0.05) is 0 Å². The Labute approximate surface area is 57.1 Å². The predicted molar refractivity (Wildman–Crippen MR) is 33.0 cm³/mol. The fraction of sp³-hybridized carbons (Fsp3) is 0.200. The van der Waals surface area contributed by atoms with Crippen LogP contribution in [0.5, 0.6) is 0 Å². The molecule has 1 rings (SSSR count). The maximum absolute atomic E-state index is 10.5. The average molecular weight is 141 g/mol. The van der Waals surface area contributed by atoms with Crippen LogP contribution in [-0.4, -0.2) is 20.6 Å². The van der Waals surface area contributed by atoms with Crippen LogP contribution in [0.25, 0.3) is 0 Å². The second-order valence-electron chi connectivity index (χ2n) is 1.73. The molecule has 0 aliphatic heterocycles. The van der Waals surface area contributed by atoms with E-state index in [-0.39, 0.29) is 12.6 Å². The summed E-state index contributed by atoms with van der Waals surface area (Å²) in [6, 6.07) is 0. The lowest BCUT2D eigenvalue weighted by Gasteiger charge is -1.97. The Hall–Kier alpha value is -1.36. The van der Waals surface area contributed by atoms with Gasteiger partial charge in [-0.2, -0.15) is 0 Å². The molecule has 0 aromatic carbocycles. The lowest BCUT2D eigenvalue weighted by atomic mass is 10.6. The number of aromatic nitrogens is 2. The van der Waals surface area contributed by atoms with Gasteiger partial charge >= 0.3 is 0 Å². The molecule has 0 saturated carbocycles. The summed E-state index contributed by atoms with van der Waals surface area (Å²) >= 11 is 0. The number of carbonyl (C=O) groups is 1. The highest BCUT2D eigenvalue weighted by Gasteiger charge is 2.05. The Balaban J connectivity index is 3.01. The highest BCUT2D eigenvalue weighted by Crippen LogP contribution is 1.93. The lowest BCUT2D eigenvalue weighted by molar-refractivity contribution is 0.0974. The van der Waals surface area contributed by atoms with Crippen LogP contribution < -0.4 is 5.73 Å². The molecule has 1 aromatic heterocycles. The molecule has 1 amide bonds. The van der Waals surface area contributed by atoms with Gasteiger partial charge in [0, 0.05) is 12.4 Å². The monoisotopic (exact) mass is 141 g/mol. The summed E-state index contributed by atoms with van der Waals surface area (Å²) in [5.74, 6) is -0.568. The number of nitrogens with two attached hydrogens (primary N) is 1. The van der Waals surface area contributed by atoms with Gasteiger partial charge in [0.25, 0.3) is 5.91 Å².